The third-order valence-corrected chi connectivity index (χ3v) is 17.1. The molecule has 4 aromatic heterocycles. The minimum Gasteiger partial charge on any atom is -0.384 e. The summed E-state index contributed by atoms with van der Waals surface area (Å²) in [5, 5.41) is 17.0. The molecule has 0 saturated heterocycles. The van der Waals surface area contributed by atoms with Crippen molar-refractivity contribution >= 4 is 101 Å². The minimum absolute atomic E-state index is 0.148. The molecular weight excluding hydrogens is 951 g/mol. The van der Waals surface area contributed by atoms with Crippen LogP contribution in [-0.2, 0) is 6.42 Å². The van der Waals surface area contributed by atoms with Gasteiger partial charge in [-0.15, -0.1) is 22.7 Å². The molecule has 75 heavy (non-hydrogen) atoms. The first-order chi connectivity index (χ1) is 37.1. The Morgan fingerprint density at radius 2 is 1.07 bits per heavy atom. The molecule has 0 bridgehead atoms. The number of benzene rings is 8. The zero-order chi connectivity index (χ0) is 50.4. The van der Waals surface area contributed by atoms with Crippen molar-refractivity contribution in [3.63, 3.8) is 0 Å². The highest BCUT2D eigenvalue weighted by atomic mass is 32.1. The number of thiazole rings is 2. The lowest BCUT2D eigenvalue weighted by atomic mass is 9.49. The molecule has 12 aromatic rings. The van der Waals surface area contributed by atoms with Gasteiger partial charge >= 0.3 is 13.7 Å². The average molecular weight is 997 g/mol. The van der Waals surface area contributed by atoms with Crippen LogP contribution in [-0.4, -0.2) is 32.6 Å². The van der Waals surface area contributed by atoms with Crippen LogP contribution in [0.5, 0.6) is 0 Å². The molecule has 0 spiro atoms. The minimum atomic E-state index is -0.435. The van der Waals surface area contributed by atoms with Crippen LogP contribution in [0.4, 0.5) is 0 Å². The lowest BCUT2D eigenvalue weighted by molar-refractivity contribution is 0.603. The first-order valence-electron chi connectivity index (χ1n) is 25.5. The first kappa shape index (κ1) is 46.0. The van der Waals surface area contributed by atoms with Crippen molar-refractivity contribution in [2.24, 2.45) is 0 Å². The van der Waals surface area contributed by atoms with E-state index in [0.717, 1.165) is 106 Å². The van der Waals surface area contributed by atoms with Crippen molar-refractivity contribution in [1.29, 1.82) is 5.26 Å². The van der Waals surface area contributed by atoms with Crippen LogP contribution in [0.25, 0.3) is 58.6 Å². The molecule has 0 fully saturated rings. The van der Waals surface area contributed by atoms with E-state index in [2.05, 4.69) is 204 Å². The second kappa shape index (κ2) is 19.6. The Labute approximate surface area is 444 Å². The van der Waals surface area contributed by atoms with Crippen LogP contribution in [0.1, 0.15) is 51.2 Å². The second-order valence-corrected chi connectivity index (χ2v) is 21.3. The smallest absolute Gasteiger partial charge is 0.327 e. The van der Waals surface area contributed by atoms with Crippen molar-refractivity contribution in [1.82, 2.24) is 18.9 Å². The molecule has 0 radical (unpaired) electrons. The number of para-hydroxylation sites is 2. The van der Waals surface area contributed by atoms with Crippen LogP contribution in [0.15, 0.2) is 218 Å². The number of aromatic nitrogens is 4. The standard InChI is InChI=1S/C65H46B2N6S2/c1-43-24-15-17-35-49(43)60-57-58(63(59(69-2)65-71-54-39-20-22-41-56(54)75-65)73(60)67(47-31-11-5-12-32-47)48-33-13-6-14-34-48)61(51-37-23-26-44-25-16-18-36-50(44)51)72(66(45-27-7-3-8-28-45)46-29-9-4-10-30-46)62(57)52(42-68)64-70-53-38-19-21-40-55(53)74-64/h3-22,24-25,27-36,38-41,51H,23,26,37H2,1H3/b62-52-,63-59+. The van der Waals surface area contributed by atoms with Crippen molar-refractivity contribution in [3.8, 4) is 17.3 Å². The van der Waals surface area contributed by atoms with Crippen molar-refractivity contribution in [2.45, 2.75) is 32.1 Å². The van der Waals surface area contributed by atoms with E-state index in [1.807, 2.05) is 36.4 Å². The van der Waals surface area contributed by atoms with Gasteiger partial charge in [0.15, 0.2) is 0 Å². The van der Waals surface area contributed by atoms with Crippen molar-refractivity contribution < 1.29 is 0 Å². The molecular formula is C65H46B2N6S2. The van der Waals surface area contributed by atoms with E-state index >= 15 is 0 Å². The van der Waals surface area contributed by atoms with Crippen LogP contribution in [0.2, 0.25) is 0 Å². The zero-order valence-electron chi connectivity index (χ0n) is 41.1. The fourth-order valence-corrected chi connectivity index (χ4v) is 13.7. The van der Waals surface area contributed by atoms with Gasteiger partial charge in [-0.1, -0.05) is 216 Å². The van der Waals surface area contributed by atoms with E-state index in [4.69, 9.17) is 14.8 Å². The Balaban J connectivity index is 1.39. The zero-order valence-corrected chi connectivity index (χ0v) is 42.8. The van der Waals surface area contributed by atoms with Gasteiger partial charge in [0.25, 0.3) is 0 Å². The molecule has 6 nitrogen and oxygen atoms in total. The number of aryl methyl sites for hydroxylation is 2. The van der Waals surface area contributed by atoms with Gasteiger partial charge in [0.2, 0.25) is 5.70 Å². The molecule has 4 heterocycles. The predicted molar refractivity (Wildman–Crippen MR) is 314 cm³/mol. The maximum absolute atomic E-state index is 12.3. The maximum atomic E-state index is 12.3. The van der Waals surface area contributed by atoms with Crippen molar-refractivity contribution in [3.05, 3.63) is 273 Å². The van der Waals surface area contributed by atoms with E-state index in [0.29, 0.717) is 21.3 Å². The number of hydrogen-bond acceptors (Lipinski definition) is 5. The number of hydrogen-bond donors (Lipinski definition) is 0. The van der Waals surface area contributed by atoms with Gasteiger partial charge in [-0.3, -0.25) is 0 Å². The van der Waals surface area contributed by atoms with Gasteiger partial charge in [0.05, 0.1) is 32.4 Å². The van der Waals surface area contributed by atoms with E-state index in [1.165, 1.54) is 11.1 Å². The summed E-state index contributed by atoms with van der Waals surface area (Å²) in [7, 11) is 0. The van der Waals surface area contributed by atoms with E-state index < -0.39 is 13.7 Å². The van der Waals surface area contributed by atoms with E-state index in [1.54, 1.807) is 22.7 Å². The molecule has 1 aliphatic rings. The summed E-state index contributed by atoms with van der Waals surface area (Å²) in [6.07, 6.45) is 2.78. The molecule has 1 unspecified atom stereocenters. The van der Waals surface area contributed by atoms with Crippen molar-refractivity contribution in [2.75, 3.05) is 0 Å². The topological polar surface area (TPSA) is 63.8 Å². The monoisotopic (exact) mass is 996 g/mol. The van der Waals surface area contributed by atoms with Crippen LogP contribution in [0, 0.1) is 24.8 Å². The predicted octanol–water partition coefficient (Wildman–Crippen LogP) is 11.2. The molecule has 1 atom stereocenters. The maximum Gasteiger partial charge on any atom is 0.327 e. The normalized spacial score (nSPS) is 14.0. The van der Waals surface area contributed by atoms with Gasteiger partial charge < -0.3 is 8.96 Å². The summed E-state index contributed by atoms with van der Waals surface area (Å²) < 4.78 is 7.01. The van der Waals surface area contributed by atoms with Gasteiger partial charge in [-0.25, -0.2) is 14.8 Å². The van der Waals surface area contributed by atoms with Crippen LogP contribution >= 0.6 is 22.7 Å². The van der Waals surface area contributed by atoms with Crippen LogP contribution < -0.4 is 32.5 Å². The molecule has 354 valence electrons. The van der Waals surface area contributed by atoms with Gasteiger partial charge in [0, 0.05) is 39.0 Å². The highest BCUT2D eigenvalue weighted by molar-refractivity contribution is 7.20. The lowest BCUT2D eigenvalue weighted by Gasteiger charge is -2.30. The third-order valence-electron chi connectivity index (χ3n) is 15.0. The van der Waals surface area contributed by atoms with Gasteiger partial charge in [-0.2, -0.15) is 5.26 Å². The highest BCUT2D eigenvalue weighted by Gasteiger charge is 2.40. The second-order valence-electron chi connectivity index (χ2n) is 19.2. The Bertz CT molecular complexity index is 4100. The number of nitriles is 1. The highest BCUT2D eigenvalue weighted by Crippen LogP contribution is 2.43. The Kier molecular flexibility index (Phi) is 12.0. The fourth-order valence-electron chi connectivity index (χ4n) is 11.8. The fraction of sp³-hybridized carbons (Fsp3) is 0.0769. The molecule has 10 heteroatoms. The van der Waals surface area contributed by atoms with E-state index in [-0.39, 0.29) is 5.92 Å². The summed E-state index contributed by atoms with van der Waals surface area (Å²) in [5.41, 5.74) is 13.5. The van der Waals surface area contributed by atoms with Gasteiger partial charge in [-0.05, 0) is 67.1 Å². The Hall–Kier alpha value is -8.79. The molecule has 8 aromatic carbocycles. The summed E-state index contributed by atoms with van der Waals surface area (Å²) in [5.74, 6) is -0.148. The van der Waals surface area contributed by atoms with Crippen LogP contribution in [0.3, 0.4) is 0 Å². The molecule has 13 rings (SSSR count). The number of nitrogens with zero attached hydrogens (tertiary/aromatic N) is 6. The van der Waals surface area contributed by atoms with Gasteiger partial charge in [0.1, 0.15) is 21.7 Å². The number of rotatable bonds is 10. The summed E-state index contributed by atoms with van der Waals surface area (Å²) in [6.45, 7) is 10.9. The SMILES string of the molecule is [C-]#[N+]/C(c1nc2ccccc2s1)=c1\c2c(C3CCCc4ccccc43)n(B(c3ccccc3)c3ccccc3)/c(=C(/C#N)c3nc4ccccc4s3)c2c(-c2ccccc2C)n1B(c1ccccc1)c1ccccc1. The molecule has 1 aliphatic carbocycles. The molecule has 0 aliphatic heterocycles. The Morgan fingerprint density at radius 3 is 1.63 bits per heavy atom. The first-order valence-corrected chi connectivity index (χ1v) is 27.1. The largest absolute Gasteiger partial charge is 0.384 e. The summed E-state index contributed by atoms with van der Waals surface area (Å²) in [6, 6.07) is 79.7. The third kappa shape index (κ3) is 7.93. The summed E-state index contributed by atoms with van der Waals surface area (Å²) >= 11 is 3.11. The molecule has 0 saturated carbocycles. The molecule has 0 amide bonds. The molecule has 0 N–H and O–H groups in total. The Morgan fingerprint density at radius 1 is 0.573 bits per heavy atom. The van der Waals surface area contributed by atoms with E-state index in [9.17, 15) is 11.8 Å². The summed E-state index contributed by atoms with van der Waals surface area (Å²) in [4.78, 5) is 15.4. The lowest BCUT2D eigenvalue weighted by Crippen LogP contribution is -2.55. The quantitative estimate of drug-likeness (QED) is 0.101. The average Bonchev–Trinajstić information content (AvgIpc) is 4.34. The number of fused-ring (bicyclic) bond motifs is 4.